The third-order valence-corrected chi connectivity index (χ3v) is 5.19. The first-order valence-electron chi connectivity index (χ1n) is 9.23. The van der Waals surface area contributed by atoms with Crippen molar-refractivity contribution in [1.29, 1.82) is 0 Å². The number of fused-ring (bicyclic) bond motifs is 1. The van der Waals surface area contributed by atoms with E-state index < -0.39 is 0 Å². The number of benzene rings is 4. The lowest BCUT2D eigenvalue weighted by molar-refractivity contribution is 0.643. The molecule has 4 rings (SSSR count). The van der Waals surface area contributed by atoms with Crippen LogP contribution in [0.4, 0.5) is 4.39 Å². The molecule has 2 heteroatoms. The molecule has 0 bridgehead atoms. The van der Waals surface area contributed by atoms with Crippen molar-refractivity contribution in [2.75, 3.05) is 0 Å². The van der Waals surface area contributed by atoms with Gasteiger partial charge in [-0.2, -0.15) is 0 Å². The maximum Gasteiger partial charge on any atom is 0.138 e. The predicted molar refractivity (Wildman–Crippen MR) is 114 cm³/mol. The monoisotopic (exact) mass is 374 g/mol. The van der Waals surface area contributed by atoms with Gasteiger partial charge in [0.25, 0.3) is 0 Å². The highest BCUT2D eigenvalue weighted by molar-refractivity contribution is 6.30. The van der Waals surface area contributed by atoms with Crippen LogP contribution in [0.3, 0.4) is 0 Å². The maximum absolute atomic E-state index is 15.1. The van der Waals surface area contributed by atoms with Gasteiger partial charge in [-0.15, -0.1) is 0 Å². The fourth-order valence-electron chi connectivity index (χ4n) is 3.48. The molecule has 0 aliphatic rings. The summed E-state index contributed by atoms with van der Waals surface area (Å²) in [6, 6.07) is 25.6. The van der Waals surface area contributed by atoms with Crippen LogP contribution in [-0.4, -0.2) is 0 Å². The van der Waals surface area contributed by atoms with E-state index in [1.807, 2.05) is 36.4 Å². The van der Waals surface area contributed by atoms with Crippen molar-refractivity contribution in [1.82, 2.24) is 0 Å². The van der Waals surface area contributed by atoms with Crippen LogP contribution in [0.25, 0.3) is 33.0 Å². The Bertz CT molecular complexity index is 1080. The Morgan fingerprint density at radius 2 is 1.41 bits per heavy atom. The molecule has 0 unspecified atom stereocenters. The third-order valence-electron chi connectivity index (χ3n) is 4.94. The Morgan fingerprint density at radius 1 is 0.741 bits per heavy atom. The van der Waals surface area contributed by atoms with Crippen molar-refractivity contribution in [2.24, 2.45) is 0 Å². The second-order valence-electron chi connectivity index (χ2n) is 6.82. The van der Waals surface area contributed by atoms with Gasteiger partial charge in [0.2, 0.25) is 0 Å². The van der Waals surface area contributed by atoms with Gasteiger partial charge in [-0.25, -0.2) is 4.39 Å². The molecule has 4 aromatic carbocycles. The fraction of sp³-hybridized carbons (Fsp3) is 0.120. The second kappa shape index (κ2) is 7.54. The Morgan fingerprint density at radius 3 is 2.11 bits per heavy atom. The number of hydrogen-bond acceptors (Lipinski definition) is 0. The molecule has 0 aliphatic carbocycles. The Labute approximate surface area is 164 Å². The van der Waals surface area contributed by atoms with Crippen LogP contribution in [0.2, 0.25) is 5.02 Å². The zero-order chi connectivity index (χ0) is 18.8. The molecule has 134 valence electrons. The van der Waals surface area contributed by atoms with Crippen molar-refractivity contribution >= 4 is 22.4 Å². The molecule has 0 N–H and O–H groups in total. The van der Waals surface area contributed by atoms with E-state index in [0.29, 0.717) is 16.0 Å². The first-order valence-corrected chi connectivity index (χ1v) is 9.61. The Balaban J connectivity index is 1.73. The van der Waals surface area contributed by atoms with Gasteiger partial charge in [-0.3, -0.25) is 0 Å². The molecular formula is C25H20ClF. The van der Waals surface area contributed by atoms with E-state index >= 15 is 4.39 Å². The minimum atomic E-state index is -0.195. The first-order chi connectivity index (χ1) is 13.2. The summed E-state index contributed by atoms with van der Waals surface area (Å²) in [5.74, 6) is -0.195. The third kappa shape index (κ3) is 3.61. The molecule has 27 heavy (non-hydrogen) atoms. The standard InChI is InChI=1S/C25H20ClF/c1-2-3-17-4-6-18(7-5-17)20-10-14-24-21(16-20)11-15-23(25(24)27)19-8-12-22(26)13-9-19/h4-16H,2-3H2,1H3. The molecule has 0 radical (unpaired) electrons. The summed E-state index contributed by atoms with van der Waals surface area (Å²) >= 11 is 5.94. The molecule has 0 aromatic heterocycles. The largest absolute Gasteiger partial charge is 0.206 e. The topological polar surface area (TPSA) is 0 Å². The molecule has 0 saturated carbocycles. The normalized spacial score (nSPS) is 11.1. The summed E-state index contributed by atoms with van der Waals surface area (Å²) in [5.41, 5.74) is 5.02. The van der Waals surface area contributed by atoms with Crippen LogP contribution in [0.5, 0.6) is 0 Å². The van der Waals surface area contributed by atoms with E-state index in [2.05, 4.69) is 37.3 Å². The summed E-state index contributed by atoms with van der Waals surface area (Å²) in [4.78, 5) is 0. The predicted octanol–water partition coefficient (Wildman–Crippen LogP) is 7.92. The number of rotatable bonds is 4. The van der Waals surface area contributed by atoms with E-state index in [1.54, 1.807) is 12.1 Å². The van der Waals surface area contributed by atoms with Crippen molar-refractivity contribution < 1.29 is 4.39 Å². The highest BCUT2D eigenvalue weighted by Crippen LogP contribution is 2.32. The minimum Gasteiger partial charge on any atom is -0.206 e. The van der Waals surface area contributed by atoms with Gasteiger partial charge in [0.1, 0.15) is 5.82 Å². The molecule has 0 fully saturated rings. The first kappa shape index (κ1) is 17.8. The summed E-state index contributed by atoms with van der Waals surface area (Å²) in [5, 5.41) is 2.18. The lowest BCUT2D eigenvalue weighted by Crippen LogP contribution is -1.88. The SMILES string of the molecule is CCCc1ccc(-c2ccc3c(F)c(-c4ccc(Cl)cc4)ccc3c2)cc1. The number of hydrogen-bond donors (Lipinski definition) is 0. The van der Waals surface area contributed by atoms with Crippen molar-refractivity contribution in [3.8, 4) is 22.3 Å². The summed E-state index contributed by atoms with van der Waals surface area (Å²) in [6.07, 6.45) is 2.24. The zero-order valence-electron chi connectivity index (χ0n) is 15.2. The van der Waals surface area contributed by atoms with Crippen LogP contribution in [0.15, 0.2) is 78.9 Å². The van der Waals surface area contributed by atoms with Crippen molar-refractivity contribution in [3.05, 3.63) is 95.3 Å². The van der Waals surface area contributed by atoms with Gasteiger partial charge < -0.3 is 0 Å². The Kier molecular flexibility index (Phi) is 4.96. The number of aryl methyl sites for hydroxylation is 1. The van der Waals surface area contributed by atoms with Crippen LogP contribution in [-0.2, 0) is 6.42 Å². The average molecular weight is 375 g/mol. The van der Waals surface area contributed by atoms with E-state index in [0.717, 1.165) is 34.9 Å². The molecule has 0 atom stereocenters. The van der Waals surface area contributed by atoms with Crippen LogP contribution < -0.4 is 0 Å². The lowest BCUT2D eigenvalue weighted by Gasteiger charge is -2.10. The molecule has 0 nitrogen and oxygen atoms in total. The molecule has 0 heterocycles. The van der Waals surface area contributed by atoms with Crippen molar-refractivity contribution in [3.63, 3.8) is 0 Å². The van der Waals surface area contributed by atoms with Crippen LogP contribution in [0.1, 0.15) is 18.9 Å². The highest BCUT2D eigenvalue weighted by Gasteiger charge is 2.10. The molecule has 4 aromatic rings. The van der Waals surface area contributed by atoms with Gasteiger partial charge in [0, 0.05) is 16.0 Å². The van der Waals surface area contributed by atoms with Crippen LogP contribution in [0, 0.1) is 5.82 Å². The zero-order valence-corrected chi connectivity index (χ0v) is 15.9. The van der Waals surface area contributed by atoms with E-state index in [9.17, 15) is 0 Å². The van der Waals surface area contributed by atoms with Gasteiger partial charge in [0.15, 0.2) is 0 Å². The van der Waals surface area contributed by atoms with Crippen molar-refractivity contribution in [2.45, 2.75) is 19.8 Å². The maximum atomic E-state index is 15.1. The summed E-state index contributed by atoms with van der Waals surface area (Å²) in [7, 11) is 0. The smallest absolute Gasteiger partial charge is 0.138 e. The molecule has 0 aliphatic heterocycles. The lowest BCUT2D eigenvalue weighted by atomic mass is 9.96. The summed E-state index contributed by atoms with van der Waals surface area (Å²) in [6.45, 7) is 2.18. The minimum absolute atomic E-state index is 0.195. The molecule has 0 saturated heterocycles. The van der Waals surface area contributed by atoms with E-state index in [-0.39, 0.29) is 5.82 Å². The quantitative estimate of drug-likeness (QED) is 0.340. The second-order valence-corrected chi connectivity index (χ2v) is 7.25. The van der Waals surface area contributed by atoms with Crippen LogP contribution >= 0.6 is 11.6 Å². The van der Waals surface area contributed by atoms with Gasteiger partial charge in [0.05, 0.1) is 0 Å². The molecular weight excluding hydrogens is 355 g/mol. The van der Waals surface area contributed by atoms with E-state index in [1.165, 1.54) is 5.56 Å². The average Bonchev–Trinajstić information content (AvgIpc) is 2.70. The highest BCUT2D eigenvalue weighted by atomic mass is 35.5. The van der Waals surface area contributed by atoms with Gasteiger partial charge in [-0.1, -0.05) is 85.6 Å². The van der Waals surface area contributed by atoms with Gasteiger partial charge >= 0.3 is 0 Å². The fourth-order valence-corrected chi connectivity index (χ4v) is 3.60. The molecule has 0 amide bonds. The van der Waals surface area contributed by atoms with Gasteiger partial charge in [-0.05, 0) is 52.3 Å². The Hall–Kier alpha value is -2.64. The van der Waals surface area contributed by atoms with E-state index in [4.69, 9.17) is 11.6 Å². The summed E-state index contributed by atoms with van der Waals surface area (Å²) < 4.78 is 15.1. The number of halogens is 2. The molecule has 0 spiro atoms.